The third-order valence-corrected chi connectivity index (χ3v) is 13.1. The molecule has 0 aromatic rings. The molecule has 67 heavy (non-hydrogen) atoms. The van der Waals surface area contributed by atoms with Crippen molar-refractivity contribution in [2.24, 2.45) is 0 Å². The Morgan fingerprint density at radius 3 is 0.836 bits per heavy atom. The molecule has 0 spiro atoms. The van der Waals surface area contributed by atoms with Gasteiger partial charge in [0.2, 0.25) is 0 Å². The lowest BCUT2D eigenvalue weighted by Crippen LogP contribution is -2.30. The van der Waals surface area contributed by atoms with E-state index in [1.165, 1.54) is 199 Å². The van der Waals surface area contributed by atoms with Crippen LogP contribution in [0.4, 0.5) is 0 Å². The molecular formula is C61H112O6. The monoisotopic (exact) mass is 941 g/mol. The Labute approximate surface area is 416 Å². The number of hydrogen-bond acceptors (Lipinski definition) is 6. The second kappa shape index (κ2) is 56.2. The Hall–Kier alpha value is -2.37. The van der Waals surface area contributed by atoms with Crippen LogP contribution >= 0.6 is 0 Å². The van der Waals surface area contributed by atoms with Gasteiger partial charge in [0.05, 0.1) is 0 Å². The van der Waals surface area contributed by atoms with E-state index in [2.05, 4.69) is 57.2 Å². The maximum Gasteiger partial charge on any atom is 0.306 e. The lowest BCUT2D eigenvalue weighted by Gasteiger charge is -2.18. The van der Waals surface area contributed by atoms with Crippen molar-refractivity contribution < 1.29 is 28.6 Å². The van der Waals surface area contributed by atoms with Crippen molar-refractivity contribution in [3.8, 4) is 0 Å². The van der Waals surface area contributed by atoms with Crippen molar-refractivity contribution in [2.75, 3.05) is 13.2 Å². The molecule has 0 N–H and O–H groups in total. The predicted octanol–water partition coefficient (Wildman–Crippen LogP) is 19.7. The van der Waals surface area contributed by atoms with E-state index in [1.54, 1.807) is 0 Å². The fraction of sp³-hybridized carbons (Fsp3) is 0.852. The Morgan fingerprint density at radius 1 is 0.299 bits per heavy atom. The number of hydrogen-bond donors (Lipinski definition) is 0. The third-order valence-electron chi connectivity index (χ3n) is 13.1. The molecule has 0 aliphatic carbocycles. The first kappa shape index (κ1) is 64.6. The van der Waals surface area contributed by atoms with Gasteiger partial charge >= 0.3 is 17.9 Å². The molecule has 0 aromatic carbocycles. The molecule has 0 aliphatic rings. The van der Waals surface area contributed by atoms with Gasteiger partial charge in [-0.05, 0) is 57.8 Å². The van der Waals surface area contributed by atoms with E-state index in [0.29, 0.717) is 19.3 Å². The number of carbonyl (C=O) groups excluding carboxylic acids is 3. The van der Waals surface area contributed by atoms with Crippen LogP contribution in [0.1, 0.15) is 316 Å². The highest BCUT2D eigenvalue weighted by Crippen LogP contribution is 2.17. The van der Waals surface area contributed by atoms with E-state index in [1.807, 2.05) is 0 Å². The van der Waals surface area contributed by atoms with Gasteiger partial charge in [0, 0.05) is 19.3 Å². The molecule has 0 fully saturated rings. The Balaban J connectivity index is 4.16. The molecule has 1 atom stereocenters. The van der Waals surface area contributed by atoms with Gasteiger partial charge in [0.1, 0.15) is 13.2 Å². The summed E-state index contributed by atoms with van der Waals surface area (Å²) in [5, 5.41) is 0. The summed E-state index contributed by atoms with van der Waals surface area (Å²) in [6, 6.07) is 0. The van der Waals surface area contributed by atoms with Gasteiger partial charge in [0.15, 0.2) is 6.10 Å². The molecular weight excluding hydrogens is 829 g/mol. The Kier molecular flexibility index (Phi) is 54.2. The Morgan fingerprint density at radius 2 is 0.537 bits per heavy atom. The van der Waals surface area contributed by atoms with Gasteiger partial charge < -0.3 is 14.2 Å². The molecule has 0 saturated carbocycles. The number of unbranched alkanes of at least 4 members (excludes halogenated alkanes) is 37. The standard InChI is InChI=1S/C61H112O6/c1-4-7-10-13-16-18-20-22-24-26-28-29-30-31-33-34-36-38-40-42-45-48-51-54-60(63)66-57-58(56-65-59(62)53-50-47-44-15-12-9-6-3)67-61(64)55-52-49-46-43-41-39-37-35-32-27-25-23-21-19-17-14-11-8-5-2/h20,22,26,28,30-31,58H,4-19,21,23-25,27,29,32-57H2,1-3H3/b22-20-,28-26-,31-30-. The highest BCUT2D eigenvalue weighted by Gasteiger charge is 2.19. The average molecular weight is 942 g/mol. The first-order chi connectivity index (χ1) is 33.0. The fourth-order valence-electron chi connectivity index (χ4n) is 8.69. The minimum absolute atomic E-state index is 0.0708. The van der Waals surface area contributed by atoms with Crippen LogP contribution in [0.25, 0.3) is 0 Å². The zero-order valence-corrected chi connectivity index (χ0v) is 44.9. The van der Waals surface area contributed by atoms with Gasteiger partial charge in [-0.25, -0.2) is 0 Å². The van der Waals surface area contributed by atoms with E-state index in [0.717, 1.165) is 77.0 Å². The Bertz CT molecular complexity index is 1130. The second-order valence-corrected chi connectivity index (χ2v) is 19.9. The number of rotatable bonds is 54. The number of carbonyl (C=O) groups is 3. The van der Waals surface area contributed by atoms with Gasteiger partial charge in [0.25, 0.3) is 0 Å². The van der Waals surface area contributed by atoms with E-state index in [-0.39, 0.29) is 31.1 Å². The predicted molar refractivity (Wildman–Crippen MR) is 289 cm³/mol. The normalized spacial score (nSPS) is 12.2. The quantitative estimate of drug-likeness (QED) is 0.0262. The van der Waals surface area contributed by atoms with E-state index in [4.69, 9.17) is 14.2 Å². The molecule has 0 rings (SSSR count). The van der Waals surface area contributed by atoms with Crippen LogP contribution in [-0.4, -0.2) is 37.2 Å². The molecule has 0 aliphatic heterocycles. The van der Waals surface area contributed by atoms with Crippen molar-refractivity contribution in [1.29, 1.82) is 0 Å². The van der Waals surface area contributed by atoms with Crippen LogP contribution in [0.2, 0.25) is 0 Å². The summed E-state index contributed by atoms with van der Waals surface area (Å²) in [6.45, 7) is 6.62. The fourth-order valence-corrected chi connectivity index (χ4v) is 8.69. The second-order valence-electron chi connectivity index (χ2n) is 19.9. The summed E-state index contributed by atoms with van der Waals surface area (Å²) in [4.78, 5) is 38.0. The van der Waals surface area contributed by atoms with E-state index < -0.39 is 6.10 Å². The van der Waals surface area contributed by atoms with Gasteiger partial charge in [-0.1, -0.05) is 276 Å². The summed E-state index contributed by atoms with van der Waals surface area (Å²) in [7, 11) is 0. The molecule has 1 unspecified atom stereocenters. The minimum Gasteiger partial charge on any atom is -0.462 e. The maximum absolute atomic E-state index is 12.8. The van der Waals surface area contributed by atoms with Gasteiger partial charge in [-0.2, -0.15) is 0 Å². The maximum atomic E-state index is 12.8. The summed E-state index contributed by atoms with van der Waals surface area (Å²) < 4.78 is 16.8. The first-order valence-corrected chi connectivity index (χ1v) is 29.5. The largest absolute Gasteiger partial charge is 0.462 e. The highest BCUT2D eigenvalue weighted by molar-refractivity contribution is 5.71. The summed E-state index contributed by atoms with van der Waals surface area (Å²) in [5.41, 5.74) is 0. The SMILES string of the molecule is CCCCCCC/C=C\C/C=C\C/C=C\CCCCCCCCCCC(=O)OCC(COC(=O)CCCCCCCCC)OC(=O)CCCCCCCCCCCCCCCCCCCCC. The van der Waals surface area contributed by atoms with Crippen LogP contribution in [0.3, 0.4) is 0 Å². The molecule has 0 radical (unpaired) electrons. The molecule has 392 valence electrons. The molecule has 6 heteroatoms. The number of allylic oxidation sites excluding steroid dienone is 6. The molecule has 0 bridgehead atoms. The number of ether oxygens (including phenoxy) is 3. The van der Waals surface area contributed by atoms with Gasteiger partial charge in [-0.3, -0.25) is 14.4 Å². The smallest absolute Gasteiger partial charge is 0.306 e. The van der Waals surface area contributed by atoms with Crippen molar-refractivity contribution in [2.45, 2.75) is 322 Å². The molecule has 6 nitrogen and oxygen atoms in total. The summed E-state index contributed by atoms with van der Waals surface area (Å²) in [6.07, 6.45) is 67.3. The minimum atomic E-state index is -0.769. The van der Waals surface area contributed by atoms with Gasteiger partial charge in [-0.15, -0.1) is 0 Å². The van der Waals surface area contributed by atoms with E-state index >= 15 is 0 Å². The van der Waals surface area contributed by atoms with Crippen molar-refractivity contribution in [3.63, 3.8) is 0 Å². The number of esters is 3. The summed E-state index contributed by atoms with van der Waals surface area (Å²) >= 11 is 0. The van der Waals surface area contributed by atoms with Crippen LogP contribution in [-0.2, 0) is 28.6 Å². The van der Waals surface area contributed by atoms with E-state index in [9.17, 15) is 14.4 Å². The van der Waals surface area contributed by atoms with Crippen LogP contribution in [0.15, 0.2) is 36.5 Å². The average Bonchev–Trinajstić information content (AvgIpc) is 3.33. The topological polar surface area (TPSA) is 78.9 Å². The molecule has 0 amide bonds. The van der Waals surface area contributed by atoms with Crippen LogP contribution in [0.5, 0.6) is 0 Å². The molecule has 0 heterocycles. The first-order valence-electron chi connectivity index (χ1n) is 29.5. The summed E-state index contributed by atoms with van der Waals surface area (Å²) in [5.74, 6) is -0.867. The third kappa shape index (κ3) is 54.4. The zero-order valence-electron chi connectivity index (χ0n) is 44.9. The highest BCUT2D eigenvalue weighted by atomic mass is 16.6. The molecule has 0 saturated heterocycles. The van der Waals surface area contributed by atoms with Crippen LogP contribution in [0, 0.1) is 0 Å². The van der Waals surface area contributed by atoms with Crippen molar-refractivity contribution in [1.82, 2.24) is 0 Å². The molecule has 0 aromatic heterocycles. The van der Waals surface area contributed by atoms with Crippen LogP contribution < -0.4 is 0 Å². The van der Waals surface area contributed by atoms with Crippen molar-refractivity contribution in [3.05, 3.63) is 36.5 Å². The zero-order chi connectivity index (χ0) is 48.6. The lowest BCUT2D eigenvalue weighted by molar-refractivity contribution is -0.167. The van der Waals surface area contributed by atoms with Crippen molar-refractivity contribution >= 4 is 17.9 Å². The lowest BCUT2D eigenvalue weighted by atomic mass is 10.0.